The molecule has 1 saturated carbocycles. The molecule has 0 spiro atoms. The highest BCUT2D eigenvalue weighted by Crippen LogP contribution is 2.27. The number of halogens is 1. The normalized spacial score (nSPS) is 18.5. The smallest absolute Gasteiger partial charge is 0.278 e. The van der Waals surface area contributed by atoms with Gasteiger partial charge in [-0.05, 0) is 24.7 Å². The zero-order valence-electron chi connectivity index (χ0n) is 15.7. The highest BCUT2D eigenvalue weighted by Gasteiger charge is 2.33. The summed E-state index contributed by atoms with van der Waals surface area (Å²) >= 11 is 0. The van der Waals surface area contributed by atoms with E-state index in [1.807, 2.05) is 13.8 Å². The van der Waals surface area contributed by atoms with Crippen molar-refractivity contribution in [3.63, 3.8) is 0 Å². The molecule has 1 aromatic rings. The van der Waals surface area contributed by atoms with Crippen molar-refractivity contribution in [2.75, 3.05) is 18.4 Å². The van der Waals surface area contributed by atoms with Crippen LogP contribution in [0.25, 0.3) is 0 Å². The molecule has 9 nitrogen and oxygen atoms in total. The fourth-order valence-corrected chi connectivity index (χ4v) is 2.62. The number of nitrogens with one attached hydrogen (secondary N) is 3. The lowest BCUT2D eigenvalue weighted by Gasteiger charge is -2.27. The molecule has 1 aromatic heterocycles. The number of amides is 2. The van der Waals surface area contributed by atoms with Crippen LogP contribution < -0.4 is 10.6 Å². The van der Waals surface area contributed by atoms with Crippen LogP contribution in [0.15, 0.2) is 29.4 Å². The molecule has 0 bridgehead atoms. The average molecular weight is 387 g/mol. The second kappa shape index (κ2) is 8.24. The molecule has 0 radical (unpaired) electrons. The summed E-state index contributed by atoms with van der Waals surface area (Å²) in [4.78, 5) is 32.2. The summed E-state index contributed by atoms with van der Waals surface area (Å²) in [5, 5.41) is 18.8. The van der Waals surface area contributed by atoms with E-state index in [9.17, 15) is 14.0 Å². The van der Waals surface area contributed by atoms with Crippen LogP contribution in [0.2, 0.25) is 0 Å². The SMILES string of the molecule is CC(C)C1=NN(CC(=O)Nc2ncncc2F)C(=O)/C(=C/NCC2CC2)C1=N. The van der Waals surface area contributed by atoms with Gasteiger partial charge in [-0.25, -0.2) is 19.4 Å². The summed E-state index contributed by atoms with van der Waals surface area (Å²) in [5.41, 5.74) is 0.599. The minimum Gasteiger partial charge on any atom is -0.390 e. The van der Waals surface area contributed by atoms with Gasteiger partial charge in [-0.3, -0.25) is 15.0 Å². The molecule has 3 N–H and O–H groups in total. The van der Waals surface area contributed by atoms with Crippen LogP contribution in [0.3, 0.4) is 0 Å². The Morgan fingerprint density at radius 2 is 2.21 bits per heavy atom. The fraction of sp³-hybridized carbons (Fsp3) is 0.444. The van der Waals surface area contributed by atoms with Gasteiger partial charge in [-0.2, -0.15) is 5.10 Å². The second-order valence-corrected chi connectivity index (χ2v) is 7.05. The van der Waals surface area contributed by atoms with E-state index in [4.69, 9.17) is 5.41 Å². The van der Waals surface area contributed by atoms with Gasteiger partial charge in [0.15, 0.2) is 11.6 Å². The van der Waals surface area contributed by atoms with Crippen LogP contribution in [-0.4, -0.2) is 51.3 Å². The molecule has 1 aliphatic carbocycles. The highest BCUT2D eigenvalue weighted by atomic mass is 19.1. The largest absolute Gasteiger partial charge is 0.390 e. The first kappa shape index (κ1) is 19.6. The standard InChI is InChI=1S/C18H22FN7O2/c1-10(2)16-15(20)12(6-21-5-11-3-4-11)18(28)26(25-16)8-14(27)24-17-13(19)7-22-9-23-17/h6-7,9-11,20-21H,3-5,8H2,1-2H3,(H,22,23,24,27)/b12-6+,20-15?. The van der Waals surface area contributed by atoms with E-state index in [1.165, 1.54) is 6.20 Å². The Labute approximate surface area is 161 Å². The van der Waals surface area contributed by atoms with Crippen molar-refractivity contribution >= 4 is 29.1 Å². The Hall–Kier alpha value is -3.17. The van der Waals surface area contributed by atoms with Crippen LogP contribution in [0.1, 0.15) is 26.7 Å². The third-order valence-electron chi connectivity index (χ3n) is 4.33. The van der Waals surface area contributed by atoms with Crippen molar-refractivity contribution < 1.29 is 14.0 Å². The molecule has 2 heterocycles. The van der Waals surface area contributed by atoms with E-state index in [1.54, 1.807) is 0 Å². The van der Waals surface area contributed by atoms with Crippen LogP contribution >= 0.6 is 0 Å². The number of carbonyl (C=O) groups excluding carboxylic acids is 2. The molecule has 0 saturated heterocycles. The Balaban J connectivity index is 1.75. The molecule has 148 valence electrons. The maximum Gasteiger partial charge on any atom is 0.278 e. The first-order valence-corrected chi connectivity index (χ1v) is 9.05. The van der Waals surface area contributed by atoms with Gasteiger partial charge in [0.25, 0.3) is 5.91 Å². The van der Waals surface area contributed by atoms with Gasteiger partial charge in [0, 0.05) is 12.7 Å². The monoisotopic (exact) mass is 387 g/mol. The van der Waals surface area contributed by atoms with Gasteiger partial charge in [-0.1, -0.05) is 13.8 Å². The van der Waals surface area contributed by atoms with Crippen LogP contribution in [0.4, 0.5) is 10.2 Å². The minimum absolute atomic E-state index is 0.0433. The number of nitrogens with zero attached hydrogens (tertiary/aromatic N) is 4. The van der Waals surface area contributed by atoms with E-state index in [2.05, 4.69) is 25.7 Å². The Morgan fingerprint density at radius 1 is 1.46 bits per heavy atom. The Morgan fingerprint density at radius 3 is 2.86 bits per heavy atom. The fourth-order valence-electron chi connectivity index (χ4n) is 2.62. The van der Waals surface area contributed by atoms with Crippen molar-refractivity contribution in [1.29, 1.82) is 5.41 Å². The highest BCUT2D eigenvalue weighted by molar-refractivity contribution is 6.54. The lowest BCUT2D eigenvalue weighted by Crippen LogP contribution is -2.44. The number of hydrogen-bond acceptors (Lipinski definition) is 7. The van der Waals surface area contributed by atoms with E-state index < -0.39 is 24.2 Å². The van der Waals surface area contributed by atoms with Gasteiger partial charge in [0.2, 0.25) is 5.91 Å². The van der Waals surface area contributed by atoms with Crippen molar-refractivity contribution in [3.8, 4) is 0 Å². The Kier molecular flexibility index (Phi) is 5.76. The van der Waals surface area contributed by atoms with E-state index in [-0.39, 0.29) is 23.0 Å². The van der Waals surface area contributed by atoms with Crippen molar-refractivity contribution in [1.82, 2.24) is 20.3 Å². The number of anilines is 1. The lowest BCUT2D eigenvalue weighted by atomic mass is 9.96. The summed E-state index contributed by atoms with van der Waals surface area (Å²) in [7, 11) is 0. The maximum absolute atomic E-state index is 13.6. The number of rotatable bonds is 7. The molecule has 3 rings (SSSR count). The molecule has 10 heteroatoms. The summed E-state index contributed by atoms with van der Waals surface area (Å²) in [5.74, 6) is -1.77. The van der Waals surface area contributed by atoms with Gasteiger partial charge in [-0.15, -0.1) is 0 Å². The number of hydrazone groups is 1. The van der Waals surface area contributed by atoms with E-state index in [0.717, 1.165) is 36.9 Å². The molecule has 28 heavy (non-hydrogen) atoms. The first-order chi connectivity index (χ1) is 13.4. The van der Waals surface area contributed by atoms with E-state index in [0.29, 0.717) is 11.6 Å². The van der Waals surface area contributed by atoms with Gasteiger partial charge >= 0.3 is 0 Å². The lowest BCUT2D eigenvalue weighted by molar-refractivity contribution is -0.131. The maximum atomic E-state index is 13.6. The number of carbonyl (C=O) groups is 2. The van der Waals surface area contributed by atoms with Crippen LogP contribution in [-0.2, 0) is 9.59 Å². The topological polar surface area (TPSA) is 123 Å². The molecule has 1 fully saturated rings. The summed E-state index contributed by atoms with van der Waals surface area (Å²) in [6.45, 7) is 4.03. The van der Waals surface area contributed by atoms with Crippen LogP contribution in [0.5, 0.6) is 0 Å². The zero-order valence-corrected chi connectivity index (χ0v) is 15.7. The summed E-state index contributed by atoms with van der Waals surface area (Å²) in [6.07, 6.45) is 5.87. The van der Waals surface area contributed by atoms with Gasteiger partial charge in [0.05, 0.1) is 23.2 Å². The summed E-state index contributed by atoms with van der Waals surface area (Å²) in [6, 6.07) is 0. The molecular weight excluding hydrogens is 365 g/mol. The summed E-state index contributed by atoms with van der Waals surface area (Å²) < 4.78 is 13.6. The molecular formula is C18H22FN7O2. The van der Waals surface area contributed by atoms with E-state index >= 15 is 0 Å². The molecule has 2 aliphatic rings. The average Bonchev–Trinajstić information content (AvgIpc) is 3.46. The van der Waals surface area contributed by atoms with Crippen molar-refractivity contribution in [3.05, 3.63) is 30.1 Å². The minimum atomic E-state index is -0.779. The number of hydrogen-bond donors (Lipinski definition) is 3. The first-order valence-electron chi connectivity index (χ1n) is 9.05. The zero-order chi connectivity index (χ0) is 20.3. The van der Waals surface area contributed by atoms with Gasteiger partial charge < -0.3 is 10.6 Å². The quantitative estimate of drug-likeness (QED) is 0.609. The van der Waals surface area contributed by atoms with Crippen LogP contribution in [0, 0.1) is 23.1 Å². The Bertz CT molecular complexity index is 861. The predicted molar refractivity (Wildman–Crippen MR) is 101 cm³/mol. The molecule has 0 unspecified atom stereocenters. The van der Waals surface area contributed by atoms with Crippen molar-refractivity contribution in [2.24, 2.45) is 16.9 Å². The van der Waals surface area contributed by atoms with Crippen molar-refractivity contribution in [2.45, 2.75) is 26.7 Å². The van der Waals surface area contributed by atoms with Gasteiger partial charge in [0.1, 0.15) is 12.9 Å². The third-order valence-corrected chi connectivity index (χ3v) is 4.33. The number of aromatic nitrogens is 2. The molecule has 0 atom stereocenters. The third kappa shape index (κ3) is 4.56. The molecule has 1 aliphatic heterocycles. The second-order valence-electron chi connectivity index (χ2n) is 7.05. The molecule has 2 amide bonds. The predicted octanol–water partition coefficient (Wildman–Crippen LogP) is 1.31. The molecule has 0 aromatic carbocycles.